The van der Waals surface area contributed by atoms with E-state index in [2.05, 4.69) is 372 Å². The molecule has 0 spiro atoms. The molecular weight excluding hydrogens is 1700 g/mol. The fourth-order valence-electron chi connectivity index (χ4n) is 23.0. The molecule has 3 aliphatic rings. The van der Waals surface area contributed by atoms with Gasteiger partial charge in [-0.3, -0.25) is 13.7 Å². The maximum atomic E-state index is 6.59. The van der Waals surface area contributed by atoms with Crippen LogP contribution in [-0.4, -0.2) is 43.6 Å². The number of nitrogens with zero attached hydrogens (tertiary/aromatic N) is 9. The van der Waals surface area contributed by atoms with Gasteiger partial charge in [0.15, 0.2) is 17.5 Å². The molecule has 0 bridgehead atoms. The molecule has 9 aromatic heterocycles. The first-order chi connectivity index (χ1) is 68.4. The van der Waals surface area contributed by atoms with Gasteiger partial charge in [-0.1, -0.05) is 279 Å². The topological polar surface area (TPSA) is 118 Å². The van der Waals surface area contributed by atoms with Crippen LogP contribution in [0.3, 0.4) is 0 Å². The molecule has 0 N–H and O–H groups in total. The Bertz CT molecular complexity index is 9940. The quantitative estimate of drug-likeness (QED) is 0.172. The SMILES string of the molecule is c1ccc2c(c1)-c1nc3ccccc3nc1-n1c3ccccc3c3cc(-c4ccc5c(c4)oc4c6ccccc6ccc54)cc-2c31.c1ccc2c(c1)-c1nc3ccccc3nc1-n1c3ccccc3c3cc(-c4ccc5c(c4)oc4ccc6ccccc6c45)cc-2c31.c1ccc2c(c1)-c1nc3ccccc3nc1-n1c3ccccc3c3cc(-c4ccc5c(c4)sc4ccc6ccccc6c45)cc-2c31. The first kappa shape index (κ1) is 75.2. The van der Waals surface area contributed by atoms with Crippen LogP contribution in [0.4, 0.5) is 0 Å². The molecule has 0 aliphatic carbocycles. The smallest absolute Gasteiger partial charge is 0.165 e. The maximum absolute atomic E-state index is 6.59. The van der Waals surface area contributed by atoms with Gasteiger partial charge < -0.3 is 8.83 Å². The molecule has 12 heterocycles. The Morgan fingerprint density at radius 2 is 0.529 bits per heavy atom. The van der Waals surface area contributed by atoms with Crippen LogP contribution in [0.5, 0.6) is 0 Å². The van der Waals surface area contributed by atoms with E-state index in [1.165, 1.54) is 124 Å². The molecule has 0 saturated heterocycles. The van der Waals surface area contributed by atoms with E-state index in [0.29, 0.717) is 0 Å². The van der Waals surface area contributed by atoms with E-state index in [0.717, 1.165) is 189 Å². The molecule has 0 unspecified atom stereocenters. The third-order valence-corrected chi connectivity index (χ3v) is 30.2. The standard InChI is InChI=1S/2C42H23N3O.C42H23N3S/c1-2-10-27-24(9-1)17-20-32-30-19-18-25(23-38(30)46-41(27)32)26-21-33-28-11-3-4-13-31(28)39-42(44-36-15-7-6-14-35(36)43-39)45-37-16-8-5-12-29(37)34(22-26)40(33)45;2*1-2-10-27-24(9-1)18-20-37-39(27)31-19-17-25(23-38(31)46-37)26-21-32-28-11-3-4-13-30(28)40-42(44-35-15-7-6-14-34(35)43-40)45-36-16-8-5-12-29(36)33(22-26)41(32)45/h3*1-23H. The first-order valence-corrected chi connectivity index (χ1v) is 47.6. The summed E-state index contributed by atoms with van der Waals surface area (Å²) in [5.41, 5.74) is 35.8. The summed E-state index contributed by atoms with van der Waals surface area (Å²) in [5.74, 6) is 2.60. The van der Waals surface area contributed by atoms with Crippen LogP contribution in [0, 0.1) is 0 Å². The summed E-state index contributed by atoms with van der Waals surface area (Å²) in [6.45, 7) is 0. The largest absolute Gasteiger partial charge is 0.456 e. The molecule has 0 amide bonds. The fraction of sp³-hybridized carbons (Fsp3) is 0. The highest BCUT2D eigenvalue weighted by atomic mass is 32.1. The summed E-state index contributed by atoms with van der Waals surface area (Å²) < 4.78 is 22.7. The number of thiophene rings is 1. The number of rotatable bonds is 3. The Balaban J connectivity index is 0.0000000959. The lowest BCUT2D eigenvalue weighted by Gasteiger charge is -2.12. The minimum atomic E-state index is 0.861. The Hall–Kier alpha value is -18.4. The van der Waals surface area contributed by atoms with E-state index < -0.39 is 0 Å². The van der Waals surface area contributed by atoms with Crippen molar-refractivity contribution in [1.82, 2.24) is 43.6 Å². The summed E-state index contributed by atoms with van der Waals surface area (Å²) in [4.78, 5) is 31.5. The predicted octanol–water partition coefficient (Wildman–Crippen LogP) is 33.8. The Morgan fingerprint density at radius 1 is 0.188 bits per heavy atom. The molecular formula is C126H69N9O2S. The minimum Gasteiger partial charge on any atom is -0.456 e. The third-order valence-electron chi connectivity index (χ3n) is 29.1. The van der Waals surface area contributed by atoms with Gasteiger partial charge in [0.05, 0.1) is 66.2 Å². The lowest BCUT2D eigenvalue weighted by atomic mass is 9.92. The van der Waals surface area contributed by atoms with Gasteiger partial charge in [-0.05, 0) is 217 Å². The van der Waals surface area contributed by atoms with Gasteiger partial charge in [0, 0.05) is 113 Å². The van der Waals surface area contributed by atoms with Gasteiger partial charge in [0.1, 0.15) is 39.4 Å². The average molecular weight is 1770 g/mol. The van der Waals surface area contributed by atoms with Gasteiger partial charge in [-0.2, -0.15) is 0 Å². The molecule has 138 heavy (non-hydrogen) atoms. The molecule has 11 nitrogen and oxygen atoms in total. The van der Waals surface area contributed by atoms with Crippen molar-refractivity contribution in [1.29, 1.82) is 0 Å². The monoisotopic (exact) mass is 1770 g/mol. The van der Waals surface area contributed by atoms with E-state index in [4.69, 9.17) is 38.7 Å². The molecule has 0 saturated carbocycles. The van der Waals surface area contributed by atoms with Crippen molar-refractivity contribution < 1.29 is 8.83 Å². The maximum Gasteiger partial charge on any atom is 0.165 e. The molecule has 3 aliphatic heterocycles. The molecule has 33 rings (SSSR count). The lowest BCUT2D eigenvalue weighted by Crippen LogP contribution is -2.02. The molecule has 0 radical (unpaired) electrons. The van der Waals surface area contributed by atoms with E-state index in [9.17, 15) is 0 Å². The number of benzene rings is 21. The van der Waals surface area contributed by atoms with Crippen LogP contribution in [0.25, 0.3) is 313 Å². The fourth-order valence-corrected chi connectivity index (χ4v) is 24.1. The second kappa shape index (κ2) is 28.6. The highest BCUT2D eigenvalue weighted by molar-refractivity contribution is 7.26. The molecule has 0 atom stereocenters. The average Bonchev–Trinajstić information content (AvgIpc) is 1.55. The molecule has 21 aromatic carbocycles. The van der Waals surface area contributed by atoms with E-state index in [1.807, 2.05) is 72.0 Å². The summed E-state index contributed by atoms with van der Waals surface area (Å²) in [5, 5.41) is 21.8. The molecule has 12 heteroatoms. The van der Waals surface area contributed by atoms with Crippen molar-refractivity contribution in [3.8, 4) is 118 Å². The van der Waals surface area contributed by atoms with Crippen LogP contribution in [0.1, 0.15) is 0 Å². The van der Waals surface area contributed by atoms with Crippen LogP contribution in [0.2, 0.25) is 0 Å². The molecule has 30 aromatic rings. The zero-order valence-electron chi connectivity index (χ0n) is 73.6. The first-order valence-electron chi connectivity index (χ1n) is 46.8. The third kappa shape index (κ3) is 10.9. The van der Waals surface area contributed by atoms with Crippen molar-refractivity contribution >= 4 is 206 Å². The van der Waals surface area contributed by atoms with Crippen LogP contribution < -0.4 is 0 Å². The van der Waals surface area contributed by atoms with Crippen LogP contribution in [-0.2, 0) is 0 Å². The van der Waals surface area contributed by atoms with Crippen molar-refractivity contribution in [2.75, 3.05) is 0 Å². The number of fused-ring (bicyclic) bond motifs is 42. The number of hydrogen-bond acceptors (Lipinski definition) is 9. The Morgan fingerprint density at radius 3 is 0.993 bits per heavy atom. The van der Waals surface area contributed by atoms with Crippen molar-refractivity contribution in [2.45, 2.75) is 0 Å². The van der Waals surface area contributed by atoms with E-state index in [1.54, 1.807) is 0 Å². The second-order valence-electron chi connectivity index (χ2n) is 36.5. The van der Waals surface area contributed by atoms with Crippen molar-refractivity contribution in [3.63, 3.8) is 0 Å². The lowest BCUT2D eigenvalue weighted by molar-refractivity contribution is 0.669. The Labute approximate surface area is 789 Å². The zero-order valence-corrected chi connectivity index (χ0v) is 74.4. The zero-order chi connectivity index (χ0) is 89.8. The molecule has 0 fully saturated rings. The van der Waals surface area contributed by atoms with Gasteiger partial charge in [-0.25, -0.2) is 29.9 Å². The summed E-state index contributed by atoms with van der Waals surface area (Å²) in [6.07, 6.45) is 0. The highest BCUT2D eigenvalue weighted by Crippen LogP contribution is 2.54. The summed E-state index contributed by atoms with van der Waals surface area (Å²) in [6, 6.07) is 149. The van der Waals surface area contributed by atoms with Crippen LogP contribution in [0.15, 0.2) is 427 Å². The van der Waals surface area contributed by atoms with Gasteiger partial charge >= 0.3 is 0 Å². The predicted molar refractivity (Wildman–Crippen MR) is 571 cm³/mol. The van der Waals surface area contributed by atoms with Crippen molar-refractivity contribution in [3.05, 3.63) is 419 Å². The number of aromatic nitrogens is 9. The minimum absolute atomic E-state index is 0.861. The highest BCUT2D eigenvalue weighted by Gasteiger charge is 2.33. The van der Waals surface area contributed by atoms with E-state index in [-0.39, 0.29) is 0 Å². The number of hydrogen-bond donors (Lipinski definition) is 0. The van der Waals surface area contributed by atoms with Gasteiger partial charge in [-0.15, -0.1) is 11.3 Å². The molecule has 636 valence electrons. The number of para-hydroxylation sites is 9. The van der Waals surface area contributed by atoms with E-state index >= 15 is 0 Å². The normalized spacial score (nSPS) is 12.3. The van der Waals surface area contributed by atoms with Gasteiger partial charge in [0.25, 0.3) is 0 Å². The van der Waals surface area contributed by atoms with Crippen LogP contribution >= 0.6 is 11.3 Å². The summed E-state index contributed by atoms with van der Waals surface area (Å²) in [7, 11) is 0. The summed E-state index contributed by atoms with van der Waals surface area (Å²) >= 11 is 1.88. The second-order valence-corrected chi connectivity index (χ2v) is 37.6. The Kier molecular flexibility index (Phi) is 15.6. The van der Waals surface area contributed by atoms with Crippen molar-refractivity contribution in [2.24, 2.45) is 0 Å². The number of furan rings is 2. The van der Waals surface area contributed by atoms with Gasteiger partial charge in [0.2, 0.25) is 0 Å².